The van der Waals surface area contributed by atoms with E-state index < -0.39 is 0 Å². The second-order valence-electron chi connectivity index (χ2n) is 7.15. The molecule has 1 amide bonds. The van der Waals surface area contributed by atoms with Crippen LogP contribution in [0.3, 0.4) is 0 Å². The summed E-state index contributed by atoms with van der Waals surface area (Å²) in [6, 6.07) is 6.04. The van der Waals surface area contributed by atoms with Gasteiger partial charge >= 0.3 is 0 Å². The van der Waals surface area contributed by atoms with Gasteiger partial charge in [0.05, 0.1) is 17.6 Å². The SMILES string of the molecule is CCOc1cc(/C=C2\SC(=S)N(C3CCCCC3)C2=O)ccc1OC(C)C. The van der Waals surface area contributed by atoms with Crippen LogP contribution in [-0.2, 0) is 4.79 Å². The summed E-state index contributed by atoms with van der Waals surface area (Å²) >= 11 is 6.91. The van der Waals surface area contributed by atoms with Crippen molar-refractivity contribution in [2.75, 3.05) is 6.61 Å². The summed E-state index contributed by atoms with van der Waals surface area (Å²) in [4.78, 5) is 15.5. The van der Waals surface area contributed by atoms with Crippen LogP contribution in [0.5, 0.6) is 11.5 Å². The molecule has 2 aliphatic rings. The fourth-order valence-corrected chi connectivity index (χ4v) is 4.92. The van der Waals surface area contributed by atoms with Gasteiger partial charge in [0, 0.05) is 6.04 Å². The first-order chi connectivity index (χ1) is 13.0. The highest BCUT2D eigenvalue weighted by Crippen LogP contribution is 2.38. The number of carbonyl (C=O) groups excluding carboxylic acids is 1. The number of thiocarbonyl (C=S) groups is 1. The Morgan fingerprint density at radius 1 is 1.26 bits per heavy atom. The van der Waals surface area contributed by atoms with Crippen LogP contribution < -0.4 is 9.47 Å². The van der Waals surface area contributed by atoms with Crippen molar-refractivity contribution in [1.82, 2.24) is 4.90 Å². The van der Waals surface area contributed by atoms with E-state index in [1.165, 1.54) is 31.0 Å². The van der Waals surface area contributed by atoms with Gasteiger partial charge in [0.2, 0.25) is 0 Å². The molecular weight excluding hydrogens is 378 g/mol. The number of hydrogen-bond donors (Lipinski definition) is 0. The zero-order chi connectivity index (χ0) is 19.4. The van der Waals surface area contributed by atoms with Gasteiger partial charge in [-0.2, -0.15) is 0 Å². The Morgan fingerprint density at radius 2 is 2.00 bits per heavy atom. The van der Waals surface area contributed by atoms with Crippen LogP contribution >= 0.6 is 24.0 Å². The number of nitrogens with zero attached hydrogens (tertiary/aromatic N) is 1. The van der Waals surface area contributed by atoms with E-state index in [1.807, 2.05) is 49.9 Å². The topological polar surface area (TPSA) is 38.8 Å². The van der Waals surface area contributed by atoms with Crippen molar-refractivity contribution in [1.29, 1.82) is 0 Å². The average molecular weight is 406 g/mol. The van der Waals surface area contributed by atoms with Crippen LogP contribution in [0.2, 0.25) is 0 Å². The van der Waals surface area contributed by atoms with Gasteiger partial charge in [-0.25, -0.2) is 0 Å². The smallest absolute Gasteiger partial charge is 0.266 e. The summed E-state index contributed by atoms with van der Waals surface area (Å²) in [5.41, 5.74) is 0.915. The number of carbonyl (C=O) groups is 1. The highest BCUT2D eigenvalue weighted by molar-refractivity contribution is 8.26. The van der Waals surface area contributed by atoms with E-state index in [-0.39, 0.29) is 18.1 Å². The van der Waals surface area contributed by atoms with Crippen molar-refractivity contribution in [2.24, 2.45) is 0 Å². The largest absolute Gasteiger partial charge is 0.490 e. The minimum atomic E-state index is 0.0392. The van der Waals surface area contributed by atoms with E-state index in [0.717, 1.165) is 24.2 Å². The molecule has 1 aromatic carbocycles. The molecular formula is C21H27NO3S2. The third-order valence-corrected chi connectivity index (χ3v) is 6.02. The molecule has 0 aromatic heterocycles. The van der Waals surface area contributed by atoms with E-state index in [0.29, 0.717) is 21.6 Å². The maximum absolute atomic E-state index is 12.9. The van der Waals surface area contributed by atoms with Crippen molar-refractivity contribution in [3.05, 3.63) is 28.7 Å². The Labute approximate surface area is 171 Å². The summed E-state index contributed by atoms with van der Waals surface area (Å²) in [5, 5.41) is 0. The minimum absolute atomic E-state index is 0.0392. The molecule has 0 bridgehead atoms. The van der Waals surface area contributed by atoms with Gasteiger partial charge in [0.25, 0.3) is 5.91 Å². The fraction of sp³-hybridized carbons (Fsp3) is 0.524. The Balaban J connectivity index is 1.82. The molecule has 0 spiro atoms. The molecule has 1 aromatic rings. The number of benzene rings is 1. The molecule has 1 aliphatic carbocycles. The van der Waals surface area contributed by atoms with Gasteiger partial charge < -0.3 is 9.47 Å². The zero-order valence-corrected chi connectivity index (χ0v) is 17.8. The highest BCUT2D eigenvalue weighted by Gasteiger charge is 2.37. The Morgan fingerprint density at radius 3 is 2.67 bits per heavy atom. The zero-order valence-electron chi connectivity index (χ0n) is 16.2. The predicted molar refractivity (Wildman–Crippen MR) is 115 cm³/mol. The van der Waals surface area contributed by atoms with Crippen molar-refractivity contribution < 1.29 is 14.3 Å². The van der Waals surface area contributed by atoms with Crippen molar-refractivity contribution in [3.8, 4) is 11.5 Å². The van der Waals surface area contributed by atoms with Crippen molar-refractivity contribution in [3.63, 3.8) is 0 Å². The van der Waals surface area contributed by atoms with E-state index >= 15 is 0 Å². The van der Waals surface area contributed by atoms with Crippen molar-refractivity contribution >= 4 is 40.3 Å². The third-order valence-electron chi connectivity index (χ3n) is 4.69. The average Bonchev–Trinajstić information content (AvgIpc) is 2.91. The van der Waals surface area contributed by atoms with Crippen LogP contribution in [0.1, 0.15) is 58.4 Å². The molecule has 2 fully saturated rings. The van der Waals surface area contributed by atoms with Gasteiger partial charge in [-0.05, 0) is 57.4 Å². The summed E-state index contributed by atoms with van der Waals surface area (Å²) in [7, 11) is 0. The van der Waals surface area contributed by atoms with Crippen LogP contribution in [0.15, 0.2) is 23.1 Å². The van der Waals surface area contributed by atoms with Gasteiger partial charge in [-0.15, -0.1) is 0 Å². The van der Waals surface area contributed by atoms with E-state index in [4.69, 9.17) is 21.7 Å². The molecule has 27 heavy (non-hydrogen) atoms. The Bertz CT molecular complexity index is 739. The normalized spacial score (nSPS) is 20.0. The molecule has 0 N–H and O–H groups in total. The van der Waals surface area contributed by atoms with Gasteiger partial charge in [-0.1, -0.05) is 49.3 Å². The summed E-state index contributed by atoms with van der Waals surface area (Å²) in [5.74, 6) is 1.46. The first kappa shape index (κ1) is 20.2. The molecule has 146 valence electrons. The lowest BCUT2D eigenvalue weighted by Gasteiger charge is -2.29. The van der Waals surface area contributed by atoms with Gasteiger partial charge in [0.15, 0.2) is 11.5 Å². The van der Waals surface area contributed by atoms with E-state index in [9.17, 15) is 4.79 Å². The Hall–Kier alpha value is -1.53. The molecule has 4 nitrogen and oxygen atoms in total. The number of hydrogen-bond acceptors (Lipinski definition) is 5. The fourth-order valence-electron chi connectivity index (χ4n) is 3.52. The van der Waals surface area contributed by atoms with Crippen LogP contribution in [-0.4, -0.2) is 33.9 Å². The lowest BCUT2D eigenvalue weighted by Crippen LogP contribution is -2.39. The van der Waals surface area contributed by atoms with Gasteiger partial charge in [-0.3, -0.25) is 9.69 Å². The number of rotatable bonds is 6. The first-order valence-electron chi connectivity index (χ1n) is 9.70. The molecule has 3 rings (SSSR count). The van der Waals surface area contributed by atoms with Crippen molar-refractivity contribution in [2.45, 2.75) is 65.0 Å². The van der Waals surface area contributed by atoms with E-state index in [1.54, 1.807) is 0 Å². The summed E-state index contributed by atoms with van der Waals surface area (Å²) in [6.07, 6.45) is 7.69. The first-order valence-corrected chi connectivity index (χ1v) is 10.9. The lowest BCUT2D eigenvalue weighted by atomic mass is 9.94. The van der Waals surface area contributed by atoms with E-state index in [2.05, 4.69) is 0 Å². The molecule has 6 heteroatoms. The molecule has 1 saturated heterocycles. The number of amides is 1. The molecule has 1 heterocycles. The maximum Gasteiger partial charge on any atom is 0.266 e. The molecule has 0 unspecified atom stereocenters. The highest BCUT2D eigenvalue weighted by atomic mass is 32.2. The standard InChI is InChI=1S/C21H27NO3S2/c1-4-24-18-12-15(10-11-17(18)25-14(2)3)13-19-20(23)22(21(26)27-19)16-8-6-5-7-9-16/h10-14,16H,4-9H2,1-3H3/b19-13-. The Kier molecular flexibility index (Phi) is 6.82. The van der Waals surface area contributed by atoms with Gasteiger partial charge in [0.1, 0.15) is 4.32 Å². The molecule has 0 atom stereocenters. The minimum Gasteiger partial charge on any atom is -0.490 e. The molecule has 1 aliphatic heterocycles. The second kappa shape index (κ2) is 9.11. The van der Waals surface area contributed by atoms with Crippen LogP contribution in [0.4, 0.5) is 0 Å². The quantitative estimate of drug-likeness (QED) is 0.468. The third kappa shape index (κ3) is 4.85. The second-order valence-corrected chi connectivity index (χ2v) is 8.83. The number of thioether (sulfide) groups is 1. The summed E-state index contributed by atoms with van der Waals surface area (Å²) < 4.78 is 12.2. The molecule has 0 radical (unpaired) electrons. The lowest BCUT2D eigenvalue weighted by molar-refractivity contribution is -0.124. The summed E-state index contributed by atoms with van der Waals surface area (Å²) in [6.45, 7) is 6.48. The monoisotopic (exact) mass is 405 g/mol. The maximum atomic E-state index is 12.9. The van der Waals surface area contributed by atoms with Crippen LogP contribution in [0, 0.1) is 0 Å². The number of ether oxygens (including phenoxy) is 2. The van der Waals surface area contributed by atoms with Crippen LogP contribution in [0.25, 0.3) is 6.08 Å². The predicted octanol–water partition coefficient (Wildman–Crippen LogP) is 5.41. The molecule has 1 saturated carbocycles.